The van der Waals surface area contributed by atoms with E-state index in [1.54, 1.807) is 0 Å². The minimum Gasteiger partial charge on any atom is -0.486 e. The van der Waals surface area contributed by atoms with Crippen molar-refractivity contribution in [2.45, 2.75) is 20.4 Å². The van der Waals surface area contributed by atoms with Crippen LogP contribution in [0.2, 0.25) is 0 Å². The smallest absolute Gasteiger partial charge is 0.225 e. The van der Waals surface area contributed by atoms with Gasteiger partial charge in [-0.3, -0.25) is 0 Å². The zero-order valence-electron chi connectivity index (χ0n) is 15.5. The molecule has 6 heteroatoms. The van der Waals surface area contributed by atoms with E-state index >= 15 is 0 Å². The van der Waals surface area contributed by atoms with Crippen LogP contribution < -0.4 is 20.1 Å². The molecule has 4 rings (SSSR count). The summed E-state index contributed by atoms with van der Waals surface area (Å²) in [6, 6.07) is 16.1. The monoisotopic (exact) mass is 362 g/mol. The van der Waals surface area contributed by atoms with Crippen molar-refractivity contribution in [3.05, 3.63) is 65.4 Å². The molecule has 27 heavy (non-hydrogen) atoms. The predicted molar refractivity (Wildman–Crippen MR) is 106 cm³/mol. The van der Waals surface area contributed by atoms with Crippen LogP contribution in [0.3, 0.4) is 0 Å². The molecule has 0 amide bonds. The van der Waals surface area contributed by atoms with Crippen LogP contribution in [0.15, 0.2) is 48.5 Å². The van der Waals surface area contributed by atoms with Crippen LogP contribution in [0.5, 0.6) is 11.5 Å². The van der Waals surface area contributed by atoms with Crippen molar-refractivity contribution in [3.63, 3.8) is 0 Å². The average molecular weight is 362 g/mol. The largest absolute Gasteiger partial charge is 0.486 e. The Kier molecular flexibility index (Phi) is 4.78. The molecule has 0 saturated heterocycles. The van der Waals surface area contributed by atoms with E-state index in [1.165, 1.54) is 11.1 Å². The summed E-state index contributed by atoms with van der Waals surface area (Å²) in [7, 11) is 0. The van der Waals surface area contributed by atoms with E-state index in [1.807, 2.05) is 31.2 Å². The topological polar surface area (TPSA) is 68.3 Å². The summed E-state index contributed by atoms with van der Waals surface area (Å²) in [5.41, 5.74) is 4.21. The summed E-state index contributed by atoms with van der Waals surface area (Å²) in [4.78, 5) is 9.05. The molecular formula is C21H22N4O2. The molecule has 2 aromatic carbocycles. The molecule has 3 aromatic rings. The third-order valence-corrected chi connectivity index (χ3v) is 4.20. The fourth-order valence-electron chi connectivity index (χ4n) is 2.98. The number of rotatable bonds is 5. The fourth-order valence-corrected chi connectivity index (χ4v) is 2.98. The van der Waals surface area contributed by atoms with Gasteiger partial charge in [0.25, 0.3) is 0 Å². The molecule has 1 aliphatic rings. The molecule has 1 aliphatic heterocycles. The maximum absolute atomic E-state index is 5.64. The van der Waals surface area contributed by atoms with Crippen molar-refractivity contribution in [2.24, 2.45) is 0 Å². The highest BCUT2D eigenvalue weighted by molar-refractivity contribution is 5.62. The van der Waals surface area contributed by atoms with Crippen LogP contribution in [0.4, 0.5) is 17.5 Å². The van der Waals surface area contributed by atoms with Crippen LogP contribution in [0.25, 0.3) is 0 Å². The highest BCUT2D eigenvalue weighted by Crippen LogP contribution is 2.33. The molecule has 2 N–H and O–H groups in total. The molecule has 6 nitrogen and oxygen atoms in total. The minimum absolute atomic E-state index is 0.566. The first-order valence-corrected chi connectivity index (χ1v) is 8.97. The standard InChI is InChI=1S/C21H22N4O2/c1-14-4-3-5-16(10-14)13-22-21-23-15(2)11-20(25-21)24-17-6-7-18-19(12-17)27-9-8-26-18/h3-7,10-12H,8-9,13H2,1-2H3,(H2,22,23,24,25). The fraction of sp³-hybridized carbons (Fsp3) is 0.238. The van der Waals surface area contributed by atoms with Crippen molar-refractivity contribution in [1.82, 2.24) is 9.97 Å². The highest BCUT2D eigenvalue weighted by atomic mass is 16.6. The molecule has 0 bridgehead atoms. The number of nitrogens with zero attached hydrogens (tertiary/aromatic N) is 2. The van der Waals surface area contributed by atoms with E-state index in [9.17, 15) is 0 Å². The number of nitrogens with one attached hydrogen (secondary N) is 2. The molecule has 1 aromatic heterocycles. The van der Waals surface area contributed by atoms with Crippen LogP contribution >= 0.6 is 0 Å². The van der Waals surface area contributed by atoms with Crippen LogP contribution in [-0.4, -0.2) is 23.2 Å². The third-order valence-electron chi connectivity index (χ3n) is 4.20. The molecule has 138 valence electrons. The Morgan fingerprint density at radius 3 is 2.63 bits per heavy atom. The second-order valence-electron chi connectivity index (χ2n) is 6.54. The molecule has 0 saturated carbocycles. The summed E-state index contributed by atoms with van der Waals surface area (Å²) in [5, 5.41) is 6.61. The van der Waals surface area contributed by atoms with Crippen LogP contribution in [0, 0.1) is 13.8 Å². The lowest BCUT2D eigenvalue weighted by atomic mass is 10.1. The van der Waals surface area contributed by atoms with Crippen molar-refractivity contribution in [2.75, 3.05) is 23.8 Å². The van der Waals surface area contributed by atoms with E-state index < -0.39 is 0 Å². The lowest BCUT2D eigenvalue weighted by molar-refractivity contribution is 0.171. The van der Waals surface area contributed by atoms with Gasteiger partial charge in [-0.1, -0.05) is 29.8 Å². The number of fused-ring (bicyclic) bond motifs is 1. The van der Waals surface area contributed by atoms with Crippen LogP contribution in [-0.2, 0) is 6.54 Å². The minimum atomic E-state index is 0.566. The highest BCUT2D eigenvalue weighted by Gasteiger charge is 2.12. The van der Waals surface area contributed by atoms with Gasteiger partial charge in [0.1, 0.15) is 19.0 Å². The number of aromatic nitrogens is 2. The Labute approximate surface area is 158 Å². The van der Waals surface area contributed by atoms with Crippen molar-refractivity contribution < 1.29 is 9.47 Å². The molecule has 0 aliphatic carbocycles. The van der Waals surface area contributed by atoms with E-state index in [0.717, 1.165) is 28.7 Å². The molecule has 0 spiro atoms. The quantitative estimate of drug-likeness (QED) is 0.708. The van der Waals surface area contributed by atoms with Crippen molar-refractivity contribution in [1.29, 1.82) is 0 Å². The first kappa shape index (κ1) is 17.1. The SMILES string of the molecule is Cc1cccc(CNc2nc(C)cc(Nc3ccc4c(c3)OCCO4)n2)c1. The van der Waals surface area contributed by atoms with E-state index in [-0.39, 0.29) is 0 Å². The van der Waals surface area contributed by atoms with Gasteiger partial charge in [0, 0.05) is 30.1 Å². The van der Waals surface area contributed by atoms with Crippen LogP contribution in [0.1, 0.15) is 16.8 Å². The Morgan fingerprint density at radius 2 is 1.78 bits per heavy atom. The van der Waals surface area contributed by atoms with Crippen molar-refractivity contribution >= 4 is 17.5 Å². The Morgan fingerprint density at radius 1 is 0.926 bits per heavy atom. The average Bonchev–Trinajstić information content (AvgIpc) is 2.66. The van der Waals surface area contributed by atoms with Gasteiger partial charge in [0.05, 0.1) is 0 Å². The number of hydrogen-bond donors (Lipinski definition) is 2. The normalized spacial score (nSPS) is 12.5. The lowest BCUT2D eigenvalue weighted by Crippen LogP contribution is -2.15. The summed E-state index contributed by atoms with van der Waals surface area (Å²) in [5.74, 6) is 2.84. The van der Waals surface area contributed by atoms with E-state index in [4.69, 9.17) is 9.47 Å². The summed E-state index contributed by atoms with van der Waals surface area (Å²) in [6.07, 6.45) is 0. The number of anilines is 3. The second kappa shape index (κ2) is 7.53. The van der Waals surface area contributed by atoms with E-state index in [0.29, 0.717) is 25.7 Å². The molecule has 0 radical (unpaired) electrons. The molecule has 0 fully saturated rings. The zero-order chi connectivity index (χ0) is 18.6. The summed E-state index contributed by atoms with van der Waals surface area (Å²) < 4.78 is 11.2. The molecule has 0 atom stereocenters. The van der Waals surface area contributed by atoms with Crippen molar-refractivity contribution in [3.8, 4) is 11.5 Å². The molecule has 2 heterocycles. The number of hydrogen-bond acceptors (Lipinski definition) is 6. The Bertz CT molecular complexity index is 959. The van der Waals surface area contributed by atoms with Gasteiger partial charge in [-0.15, -0.1) is 0 Å². The Hall–Kier alpha value is -3.28. The summed E-state index contributed by atoms with van der Waals surface area (Å²) >= 11 is 0. The van der Waals surface area contributed by atoms with Gasteiger partial charge in [0.15, 0.2) is 11.5 Å². The van der Waals surface area contributed by atoms with E-state index in [2.05, 4.69) is 51.8 Å². The van der Waals surface area contributed by atoms with Gasteiger partial charge in [-0.25, -0.2) is 4.98 Å². The molecular weight excluding hydrogens is 340 g/mol. The zero-order valence-corrected chi connectivity index (χ0v) is 15.5. The molecule has 0 unspecified atom stereocenters. The number of benzene rings is 2. The lowest BCUT2D eigenvalue weighted by Gasteiger charge is -2.19. The maximum Gasteiger partial charge on any atom is 0.225 e. The predicted octanol–water partition coefficient (Wildman–Crippen LogP) is 4.22. The van der Waals surface area contributed by atoms with Gasteiger partial charge in [-0.05, 0) is 31.5 Å². The summed E-state index contributed by atoms with van der Waals surface area (Å²) in [6.45, 7) is 5.86. The van der Waals surface area contributed by atoms with Gasteiger partial charge >= 0.3 is 0 Å². The first-order chi connectivity index (χ1) is 13.2. The maximum atomic E-state index is 5.64. The van der Waals surface area contributed by atoms with Gasteiger partial charge < -0.3 is 20.1 Å². The second-order valence-corrected chi connectivity index (χ2v) is 6.54. The first-order valence-electron chi connectivity index (χ1n) is 8.97. The van der Waals surface area contributed by atoms with Gasteiger partial charge in [-0.2, -0.15) is 4.98 Å². The third kappa shape index (κ3) is 4.28. The number of aryl methyl sites for hydroxylation is 2. The Balaban J connectivity index is 1.48. The number of ether oxygens (including phenoxy) is 2. The van der Waals surface area contributed by atoms with Gasteiger partial charge in [0.2, 0.25) is 5.95 Å².